The van der Waals surface area contributed by atoms with Crippen molar-refractivity contribution in [1.29, 1.82) is 0 Å². The highest BCUT2D eigenvalue weighted by Crippen LogP contribution is 2.35. The van der Waals surface area contributed by atoms with Gasteiger partial charge in [0.1, 0.15) is 4.83 Å². The van der Waals surface area contributed by atoms with Crippen molar-refractivity contribution >= 4 is 39.2 Å². The first kappa shape index (κ1) is 19.9. The number of thiophene rings is 1. The molecule has 0 saturated carbocycles. The van der Waals surface area contributed by atoms with Crippen molar-refractivity contribution in [1.82, 2.24) is 14.9 Å². The van der Waals surface area contributed by atoms with Crippen molar-refractivity contribution in [2.45, 2.75) is 75.4 Å². The summed E-state index contributed by atoms with van der Waals surface area (Å²) in [6, 6.07) is 0. The molecule has 152 valence electrons. The predicted octanol–water partition coefficient (Wildman–Crippen LogP) is 3.13. The van der Waals surface area contributed by atoms with Gasteiger partial charge in [-0.15, -0.1) is 11.3 Å². The van der Waals surface area contributed by atoms with E-state index in [1.165, 1.54) is 28.6 Å². The fourth-order valence-electron chi connectivity index (χ4n) is 3.99. The molecular formula is C20H27N3O3S2. The first-order valence-electron chi connectivity index (χ1n) is 10.2. The number of rotatable bonds is 6. The van der Waals surface area contributed by atoms with Crippen LogP contribution < -0.4 is 10.9 Å². The summed E-state index contributed by atoms with van der Waals surface area (Å²) in [6.45, 7) is 5.62. The van der Waals surface area contributed by atoms with Crippen molar-refractivity contribution in [2.24, 2.45) is 0 Å². The third-order valence-electron chi connectivity index (χ3n) is 5.45. The Morgan fingerprint density at radius 2 is 2.21 bits per heavy atom. The Kier molecular flexibility index (Phi) is 6.08. The Labute approximate surface area is 173 Å². The van der Waals surface area contributed by atoms with Gasteiger partial charge in [0.25, 0.3) is 5.56 Å². The number of carbonyl (C=O) groups is 1. The highest BCUT2D eigenvalue weighted by molar-refractivity contribution is 8.00. The molecular weight excluding hydrogens is 394 g/mol. The smallest absolute Gasteiger partial charge is 0.263 e. The Balaban J connectivity index is 1.77. The lowest BCUT2D eigenvalue weighted by Gasteiger charge is -2.18. The fraction of sp³-hybridized carbons (Fsp3) is 0.650. The van der Waals surface area contributed by atoms with Gasteiger partial charge in [0.2, 0.25) is 5.91 Å². The van der Waals surface area contributed by atoms with Crippen molar-refractivity contribution in [3.8, 4) is 0 Å². The first-order valence-corrected chi connectivity index (χ1v) is 11.9. The molecule has 1 aliphatic carbocycles. The van der Waals surface area contributed by atoms with E-state index >= 15 is 0 Å². The van der Waals surface area contributed by atoms with Crippen molar-refractivity contribution < 1.29 is 9.53 Å². The second-order valence-corrected chi connectivity index (χ2v) is 9.88. The molecule has 0 aromatic carbocycles. The summed E-state index contributed by atoms with van der Waals surface area (Å²) >= 11 is 3.02. The molecule has 1 fully saturated rings. The second-order valence-electron chi connectivity index (χ2n) is 7.49. The molecule has 0 bridgehead atoms. The first-order chi connectivity index (χ1) is 13.6. The number of aryl methyl sites for hydroxylation is 2. The molecule has 2 aliphatic rings. The molecule has 3 heterocycles. The summed E-state index contributed by atoms with van der Waals surface area (Å²) < 4.78 is 7.55. The molecule has 0 unspecified atom stereocenters. The van der Waals surface area contributed by atoms with Crippen LogP contribution >= 0.6 is 23.1 Å². The van der Waals surface area contributed by atoms with Crippen LogP contribution in [0.3, 0.4) is 0 Å². The lowest BCUT2D eigenvalue weighted by atomic mass is 9.97. The molecule has 6 nitrogen and oxygen atoms in total. The Bertz CT molecular complexity index is 931. The van der Waals surface area contributed by atoms with Gasteiger partial charge in [-0.2, -0.15) is 0 Å². The van der Waals surface area contributed by atoms with Gasteiger partial charge in [-0.25, -0.2) is 4.98 Å². The minimum atomic E-state index is -0.311. The number of nitrogens with one attached hydrogen (secondary N) is 1. The van der Waals surface area contributed by atoms with E-state index in [0.29, 0.717) is 18.2 Å². The molecule has 2 atom stereocenters. The van der Waals surface area contributed by atoms with E-state index in [2.05, 4.69) is 5.32 Å². The summed E-state index contributed by atoms with van der Waals surface area (Å²) in [5.41, 5.74) is 1.24. The molecule has 1 amide bonds. The lowest BCUT2D eigenvalue weighted by Crippen LogP contribution is -2.33. The monoisotopic (exact) mass is 421 g/mol. The Morgan fingerprint density at radius 1 is 1.39 bits per heavy atom. The predicted molar refractivity (Wildman–Crippen MR) is 113 cm³/mol. The highest BCUT2D eigenvalue weighted by atomic mass is 32.2. The number of ether oxygens (including phenoxy) is 1. The number of amides is 1. The standard InChI is InChI=1S/C20H27N3O3S2/c1-3-21-17(24)12(2)27-20-22-18-16(14-8-4-5-9-15(14)28-18)19(25)23(20)11-13-7-6-10-26-13/h12-13H,3-11H2,1-2H3,(H,21,24)/t12-,13+/m1/s1. The van der Waals surface area contributed by atoms with Gasteiger partial charge in [0.15, 0.2) is 5.16 Å². The average molecular weight is 422 g/mol. The molecule has 4 rings (SSSR count). The number of nitrogens with zero attached hydrogens (tertiary/aromatic N) is 2. The number of fused-ring (bicyclic) bond motifs is 3. The van der Waals surface area contributed by atoms with Crippen LogP contribution in [0, 0.1) is 0 Å². The molecule has 1 saturated heterocycles. The van der Waals surface area contributed by atoms with Gasteiger partial charge in [0.05, 0.1) is 23.3 Å². The molecule has 1 N–H and O–H groups in total. The van der Waals surface area contributed by atoms with Gasteiger partial charge in [-0.1, -0.05) is 11.8 Å². The summed E-state index contributed by atoms with van der Waals surface area (Å²) in [5.74, 6) is -0.0315. The quantitative estimate of drug-likeness (QED) is 0.573. The van der Waals surface area contributed by atoms with Crippen LogP contribution in [0.4, 0.5) is 0 Å². The fourth-order valence-corrected chi connectivity index (χ4v) is 6.24. The summed E-state index contributed by atoms with van der Waals surface area (Å²) in [5, 5.41) is 3.97. The zero-order chi connectivity index (χ0) is 19.7. The summed E-state index contributed by atoms with van der Waals surface area (Å²) in [4.78, 5) is 32.8. The number of hydrogen-bond acceptors (Lipinski definition) is 6. The van der Waals surface area contributed by atoms with Crippen LogP contribution in [0.15, 0.2) is 9.95 Å². The maximum Gasteiger partial charge on any atom is 0.263 e. The van der Waals surface area contributed by atoms with E-state index in [1.54, 1.807) is 15.9 Å². The van der Waals surface area contributed by atoms with E-state index in [9.17, 15) is 9.59 Å². The molecule has 8 heteroatoms. The normalized spacial score (nSPS) is 20.3. The van der Waals surface area contributed by atoms with E-state index in [1.807, 2.05) is 13.8 Å². The van der Waals surface area contributed by atoms with E-state index < -0.39 is 0 Å². The lowest BCUT2D eigenvalue weighted by molar-refractivity contribution is -0.120. The van der Waals surface area contributed by atoms with Crippen LogP contribution in [0.25, 0.3) is 10.2 Å². The summed E-state index contributed by atoms with van der Waals surface area (Å²) in [7, 11) is 0. The molecule has 2 aromatic rings. The van der Waals surface area contributed by atoms with Crippen LogP contribution in [0.1, 0.15) is 50.0 Å². The maximum absolute atomic E-state index is 13.5. The van der Waals surface area contributed by atoms with Crippen molar-refractivity contribution in [3.63, 3.8) is 0 Å². The third kappa shape index (κ3) is 3.86. The van der Waals surface area contributed by atoms with Gasteiger partial charge < -0.3 is 10.1 Å². The zero-order valence-corrected chi connectivity index (χ0v) is 18.1. The van der Waals surface area contributed by atoms with E-state index in [-0.39, 0.29) is 22.8 Å². The molecule has 0 radical (unpaired) electrons. The SMILES string of the molecule is CCNC(=O)[C@@H](C)Sc1nc2sc3c(c2c(=O)n1C[C@@H]1CCCO1)CCCC3. The van der Waals surface area contributed by atoms with Gasteiger partial charge in [0, 0.05) is 18.0 Å². The van der Waals surface area contributed by atoms with E-state index in [0.717, 1.165) is 48.9 Å². The number of thioether (sulfide) groups is 1. The largest absolute Gasteiger partial charge is 0.376 e. The van der Waals surface area contributed by atoms with Gasteiger partial charge in [-0.05, 0) is 57.9 Å². The third-order valence-corrected chi connectivity index (χ3v) is 7.73. The number of carbonyl (C=O) groups excluding carboxylic acids is 1. The minimum absolute atomic E-state index is 0.0315. The molecule has 28 heavy (non-hydrogen) atoms. The summed E-state index contributed by atoms with van der Waals surface area (Å²) in [6.07, 6.45) is 6.36. The zero-order valence-electron chi connectivity index (χ0n) is 16.5. The van der Waals surface area contributed by atoms with Crippen LogP contribution in [0.5, 0.6) is 0 Å². The molecule has 2 aromatic heterocycles. The Morgan fingerprint density at radius 3 is 2.96 bits per heavy atom. The van der Waals surface area contributed by atoms with Crippen LogP contribution in [0.2, 0.25) is 0 Å². The van der Waals surface area contributed by atoms with Crippen LogP contribution in [-0.2, 0) is 28.9 Å². The topological polar surface area (TPSA) is 73.2 Å². The highest BCUT2D eigenvalue weighted by Gasteiger charge is 2.26. The number of aromatic nitrogens is 2. The van der Waals surface area contributed by atoms with Crippen molar-refractivity contribution in [2.75, 3.05) is 13.2 Å². The van der Waals surface area contributed by atoms with Crippen LogP contribution in [-0.4, -0.2) is 40.0 Å². The Hall–Kier alpha value is -1.38. The van der Waals surface area contributed by atoms with Gasteiger partial charge >= 0.3 is 0 Å². The second kappa shape index (κ2) is 8.55. The molecule has 1 aliphatic heterocycles. The maximum atomic E-state index is 13.5. The van der Waals surface area contributed by atoms with Crippen molar-refractivity contribution in [3.05, 3.63) is 20.8 Å². The minimum Gasteiger partial charge on any atom is -0.376 e. The van der Waals surface area contributed by atoms with E-state index in [4.69, 9.17) is 9.72 Å². The van der Waals surface area contributed by atoms with Gasteiger partial charge in [-0.3, -0.25) is 14.2 Å². The molecule has 0 spiro atoms. The average Bonchev–Trinajstić information content (AvgIpc) is 3.32. The number of hydrogen-bond donors (Lipinski definition) is 1.